The molecule has 0 aliphatic carbocycles. The maximum atomic E-state index is 12.4. The summed E-state index contributed by atoms with van der Waals surface area (Å²) in [6.45, 7) is 2.10. The molecule has 20 heavy (non-hydrogen) atoms. The summed E-state index contributed by atoms with van der Waals surface area (Å²) in [7, 11) is 0. The van der Waals surface area contributed by atoms with Crippen LogP contribution in [0.3, 0.4) is 0 Å². The maximum Gasteiger partial charge on any atom is 0.255 e. The number of amides is 1. The van der Waals surface area contributed by atoms with Crippen molar-refractivity contribution in [2.45, 2.75) is 25.8 Å². The quantitative estimate of drug-likeness (QED) is 0.564. The molecule has 0 saturated carbocycles. The van der Waals surface area contributed by atoms with Crippen LogP contribution in [0.15, 0.2) is 35.8 Å². The molecule has 2 aromatic rings. The Hall–Kier alpha value is -1.92. The first-order valence-corrected chi connectivity index (χ1v) is 7.40. The number of nitrogens with two attached hydrogens (primary N) is 1. The monoisotopic (exact) mass is 290 g/mol. The van der Waals surface area contributed by atoms with Crippen LogP contribution in [0.25, 0.3) is 0 Å². The van der Waals surface area contributed by atoms with Crippen molar-refractivity contribution in [2.75, 3.05) is 5.43 Å². The number of hydrogen-bond donors (Lipinski definition) is 3. The molecular formula is C14H18N4OS. The van der Waals surface area contributed by atoms with Crippen molar-refractivity contribution in [1.82, 2.24) is 10.3 Å². The lowest BCUT2D eigenvalue weighted by Gasteiger charge is -2.17. The standard InChI is InChI=1S/C14H18N4OS/c1-2-5-11(12-7-4-9-20-12)17-14(19)10-6-3-8-16-13(10)18-15/h3-4,6-9,11H,2,5,15H2,1H3,(H,16,18)(H,17,19). The zero-order valence-electron chi connectivity index (χ0n) is 11.3. The molecule has 2 aromatic heterocycles. The van der Waals surface area contributed by atoms with Gasteiger partial charge >= 0.3 is 0 Å². The van der Waals surface area contributed by atoms with Crippen molar-refractivity contribution in [2.24, 2.45) is 5.84 Å². The lowest BCUT2D eigenvalue weighted by atomic mass is 10.1. The Bertz CT molecular complexity index is 556. The fraction of sp³-hybridized carbons (Fsp3) is 0.286. The van der Waals surface area contributed by atoms with E-state index in [2.05, 4.69) is 22.7 Å². The highest BCUT2D eigenvalue weighted by atomic mass is 32.1. The van der Waals surface area contributed by atoms with Gasteiger partial charge < -0.3 is 10.7 Å². The first kappa shape index (κ1) is 14.5. The molecule has 0 saturated heterocycles. The maximum absolute atomic E-state index is 12.4. The average Bonchev–Trinajstić information content (AvgIpc) is 3.00. The second-order valence-corrected chi connectivity index (χ2v) is 5.35. The van der Waals surface area contributed by atoms with Crippen molar-refractivity contribution in [3.63, 3.8) is 0 Å². The second-order valence-electron chi connectivity index (χ2n) is 4.37. The van der Waals surface area contributed by atoms with Crippen LogP contribution in [0.2, 0.25) is 0 Å². The van der Waals surface area contributed by atoms with Gasteiger partial charge in [-0.05, 0) is 30.0 Å². The fourth-order valence-electron chi connectivity index (χ4n) is 2.00. The molecule has 106 valence electrons. The number of carbonyl (C=O) groups excluding carboxylic acids is 1. The molecular weight excluding hydrogens is 272 g/mol. The first-order chi connectivity index (χ1) is 9.76. The van der Waals surface area contributed by atoms with Gasteiger partial charge in [0.1, 0.15) is 0 Å². The molecule has 0 aliphatic rings. The number of hydrazine groups is 1. The molecule has 0 aromatic carbocycles. The van der Waals surface area contributed by atoms with Crippen molar-refractivity contribution in [3.05, 3.63) is 46.3 Å². The molecule has 0 bridgehead atoms. The van der Waals surface area contributed by atoms with Crippen molar-refractivity contribution in [1.29, 1.82) is 0 Å². The van der Waals surface area contributed by atoms with E-state index in [0.717, 1.165) is 17.7 Å². The minimum Gasteiger partial charge on any atom is -0.344 e. The van der Waals surface area contributed by atoms with Gasteiger partial charge in [0.25, 0.3) is 5.91 Å². The van der Waals surface area contributed by atoms with Crippen LogP contribution in [-0.2, 0) is 0 Å². The van der Waals surface area contributed by atoms with Crippen LogP contribution in [0, 0.1) is 0 Å². The molecule has 2 heterocycles. The Kier molecular flexibility index (Phi) is 5.09. The predicted octanol–water partition coefficient (Wildman–Crippen LogP) is 2.70. The molecule has 0 radical (unpaired) electrons. The molecule has 1 unspecified atom stereocenters. The Morgan fingerprint density at radius 1 is 1.45 bits per heavy atom. The third-order valence-electron chi connectivity index (χ3n) is 2.96. The number of rotatable bonds is 6. The summed E-state index contributed by atoms with van der Waals surface area (Å²) in [5.41, 5.74) is 2.90. The lowest BCUT2D eigenvalue weighted by Crippen LogP contribution is -2.29. The summed E-state index contributed by atoms with van der Waals surface area (Å²) in [6, 6.07) is 7.48. The fourth-order valence-corrected chi connectivity index (χ4v) is 2.82. The molecule has 6 heteroatoms. The van der Waals surface area contributed by atoms with Crippen LogP contribution in [0.5, 0.6) is 0 Å². The number of nitrogens with one attached hydrogen (secondary N) is 2. The van der Waals surface area contributed by atoms with E-state index >= 15 is 0 Å². The van der Waals surface area contributed by atoms with Gasteiger partial charge in [-0.15, -0.1) is 11.3 Å². The van der Waals surface area contributed by atoms with Gasteiger partial charge in [-0.3, -0.25) is 4.79 Å². The number of thiophene rings is 1. The highest BCUT2D eigenvalue weighted by Crippen LogP contribution is 2.24. The minimum absolute atomic E-state index is 0.0262. The summed E-state index contributed by atoms with van der Waals surface area (Å²) in [4.78, 5) is 17.6. The molecule has 1 amide bonds. The van der Waals surface area contributed by atoms with Gasteiger partial charge in [0.15, 0.2) is 5.82 Å². The molecule has 4 N–H and O–H groups in total. The van der Waals surface area contributed by atoms with Crippen LogP contribution < -0.4 is 16.6 Å². The van der Waals surface area contributed by atoms with Gasteiger partial charge in [0.2, 0.25) is 0 Å². The topological polar surface area (TPSA) is 80.0 Å². The molecule has 2 rings (SSSR count). The van der Waals surface area contributed by atoms with Crippen LogP contribution in [0.4, 0.5) is 5.82 Å². The summed E-state index contributed by atoms with van der Waals surface area (Å²) >= 11 is 1.65. The molecule has 0 aliphatic heterocycles. The van der Waals surface area contributed by atoms with Gasteiger partial charge in [-0.2, -0.15) is 0 Å². The highest BCUT2D eigenvalue weighted by molar-refractivity contribution is 7.10. The molecule has 0 fully saturated rings. The van der Waals surface area contributed by atoms with Crippen LogP contribution in [0.1, 0.15) is 41.0 Å². The van der Waals surface area contributed by atoms with E-state index in [1.54, 1.807) is 29.7 Å². The van der Waals surface area contributed by atoms with E-state index in [9.17, 15) is 4.79 Å². The van der Waals surface area contributed by atoms with Gasteiger partial charge in [0, 0.05) is 11.1 Å². The number of anilines is 1. The van der Waals surface area contributed by atoms with E-state index in [1.165, 1.54) is 0 Å². The largest absolute Gasteiger partial charge is 0.344 e. The molecule has 0 spiro atoms. The number of nitrogens with zero attached hydrogens (tertiary/aromatic N) is 1. The van der Waals surface area contributed by atoms with Crippen molar-refractivity contribution in [3.8, 4) is 0 Å². The number of nitrogen functional groups attached to an aromatic ring is 1. The van der Waals surface area contributed by atoms with Crippen LogP contribution >= 0.6 is 11.3 Å². The summed E-state index contributed by atoms with van der Waals surface area (Å²) in [5.74, 6) is 5.59. The van der Waals surface area contributed by atoms with Gasteiger partial charge in [-0.1, -0.05) is 19.4 Å². The normalized spacial score (nSPS) is 11.9. The lowest BCUT2D eigenvalue weighted by molar-refractivity contribution is 0.0935. The molecule has 1 atom stereocenters. The van der Waals surface area contributed by atoms with Crippen molar-refractivity contribution >= 4 is 23.1 Å². The Morgan fingerprint density at radius 3 is 2.95 bits per heavy atom. The van der Waals surface area contributed by atoms with Crippen molar-refractivity contribution < 1.29 is 4.79 Å². The van der Waals surface area contributed by atoms with Crippen LogP contribution in [-0.4, -0.2) is 10.9 Å². The summed E-state index contributed by atoms with van der Waals surface area (Å²) in [5, 5.41) is 5.06. The number of carbonyl (C=O) groups is 1. The van der Waals surface area contributed by atoms with E-state index < -0.39 is 0 Å². The second kappa shape index (κ2) is 7.02. The third-order valence-corrected chi connectivity index (χ3v) is 3.94. The number of aromatic nitrogens is 1. The number of pyridine rings is 1. The Balaban J connectivity index is 2.16. The average molecular weight is 290 g/mol. The van der Waals surface area contributed by atoms with Gasteiger partial charge in [0.05, 0.1) is 11.6 Å². The van der Waals surface area contributed by atoms with E-state index in [0.29, 0.717) is 11.4 Å². The minimum atomic E-state index is -0.169. The Morgan fingerprint density at radius 2 is 2.30 bits per heavy atom. The van der Waals surface area contributed by atoms with Gasteiger partial charge in [-0.25, -0.2) is 10.8 Å². The molecule has 5 nitrogen and oxygen atoms in total. The smallest absolute Gasteiger partial charge is 0.255 e. The summed E-state index contributed by atoms with van der Waals surface area (Å²) < 4.78 is 0. The summed E-state index contributed by atoms with van der Waals surface area (Å²) in [6.07, 6.45) is 3.49. The highest BCUT2D eigenvalue weighted by Gasteiger charge is 2.18. The number of hydrogen-bond acceptors (Lipinski definition) is 5. The zero-order valence-corrected chi connectivity index (χ0v) is 12.1. The van der Waals surface area contributed by atoms with E-state index in [-0.39, 0.29) is 11.9 Å². The zero-order chi connectivity index (χ0) is 14.4. The predicted molar refractivity (Wildman–Crippen MR) is 81.5 cm³/mol. The first-order valence-electron chi connectivity index (χ1n) is 6.52. The third kappa shape index (κ3) is 3.34. The van der Waals surface area contributed by atoms with E-state index in [1.807, 2.05) is 17.5 Å². The Labute approximate surface area is 122 Å². The van der Waals surface area contributed by atoms with E-state index in [4.69, 9.17) is 5.84 Å². The SMILES string of the molecule is CCCC(NC(=O)c1cccnc1NN)c1cccs1.